The molecule has 0 aliphatic carbocycles. The largest absolute Gasteiger partial charge is 0.485 e. The number of benzene rings is 2. The highest BCUT2D eigenvalue weighted by molar-refractivity contribution is 6.30. The number of ether oxygens (including phenoxy) is 1. The van der Waals surface area contributed by atoms with Crippen LogP contribution >= 0.6 is 11.6 Å². The van der Waals surface area contributed by atoms with Crippen molar-refractivity contribution < 1.29 is 13.5 Å². The van der Waals surface area contributed by atoms with Crippen LogP contribution in [0.4, 0.5) is 8.78 Å². The molecule has 0 bridgehead atoms. The van der Waals surface area contributed by atoms with Gasteiger partial charge < -0.3 is 10.1 Å². The Morgan fingerprint density at radius 2 is 1.81 bits per heavy atom. The SMILES string of the molecule is Fc1ccc(OC(c2ccc(F)c(Cl)c2)C2CNC2)cc1. The number of nitrogens with one attached hydrogen (secondary N) is 1. The van der Waals surface area contributed by atoms with Gasteiger partial charge in [-0.1, -0.05) is 17.7 Å². The predicted molar refractivity (Wildman–Crippen MR) is 77.5 cm³/mol. The Hall–Kier alpha value is -1.65. The smallest absolute Gasteiger partial charge is 0.141 e. The molecule has 1 saturated heterocycles. The van der Waals surface area contributed by atoms with Crippen LogP contribution in [0.15, 0.2) is 42.5 Å². The van der Waals surface area contributed by atoms with E-state index in [0.717, 1.165) is 18.7 Å². The molecule has 0 spiro atoms. The van der Waals surface area contributed by atoms with Crippen molar-refractivity contribution in [2.45, 2.75) is 6.10 Å². The summed E-state index contributed by atoms with van der Waals surface area (Å²) in [7, 11) is 0. The molecule has 1 unspecified atom stereocenters. The van der Waals surface area contributed by atoms with Gasteiger partial charge in [-0.2, -0.15) is 0 Å². The lowest BCUT2D eigenvalue weighted by atomic mass is 9.91. The van der Waals surface area contributed by atoms with Crippen molar-refractivity contribution in [3.05, 3.63) is 64.7 Å². The molecule has 1 heterocycles. The highest BCUT2D eigenvalue weighted by Crippen LogP contribution is 2.32. The van der Waals surface area contributed by atoms with E-state index in [1.54, 1.807) is 24.3 Å². The van der Waals surface area contributed by atoms with E-state index in [-0.39, 0.29) is 22.9 Å². The van der Waals surface area contributed by atoms with E-state index >= 15 is 0 Å². The van der Waals surface area contributed by atoms with Crippen LogP contribution < -0.4 is 10.1 Å². The second-order valence-corrected chi connectivity index (χ2v) is 5.49. The third-order valence-corrected chi connectivity index (χ3v) is 3.88. The topological polar surface area (TPSA) is 21.3 Å². The molecule has 1 atom stereocenters. The van der Waals surface area contributed by atoms with E-state index in [1.807, 2.05) is 0 Å². The molecule has 1 N–H and O–H groups in total. The maximum atomic E-state index is 13.3. The van der Waals surface area contributed by atoms with E-state index in [4.69, 9.17) is 16.3 Å². The summed E-state index contributed by atoms with van der Waals surface area (Å²) in [5.41, 5.74) is 0.817. The van der Waals surface area contributed by atoms with Gasteiger partial charge in [-0.25, -0.2) is 8.78 Å². The van der Waals surface area contributed by atoms with Crippen molar-refractivity contribution in [3.8, 4) is 5.75 Å². The van der Waals surface area contributed by atoms with Gasteiger partial charge in [0.05, 0.1) is 5.02 Å². The first-order valence-electron chi connectivity index (χ1n) is 6.71. The molecular weight excluding hydrogens is 296 g/mol. The average Bonchev–Trinajstić information content (AvgIpc) is 2.41. The van der Waals surface area contributed by atoms with Gasteiger partial charge in [0.15, 0.2) is 0 Å². The van der Waals surface area contributed by atoms with Gasteiger partial charge in [0.1, 0.15) is 23.5 Å². The monoisotopic (exact) mass is 309 g/mol. The zero-order valence-electron chi connectivity index (χ0n) is 11.2. The fourth-order valence-corrected chi connectivity index (χ4v) is 2.50. The molecule has 21 heavy (non-hydrogen) atoms. The van der Waals surface area contributed by atoms with Crippen molar-refractivity contribution in [1.29, 1.82) is 0 Å². The Morgan fingerprint density at radius 1 is 1.10 bits per heavy atom. The number of hydrogen-bond acceptors (Lipinski definition) is 2. The van der Waals surface area contributed by atoms with Gasteiger partial charge in [-0.15, -0.1) is 0 Å². The first-order chi connectivity index (χ1) is 10.1. The van der Waals surface area contributed by atoms with Crippen molar-refractivity contribution >= 4 is 11.6 Å². The average molecular weight is 310 g/mol. The summed E-state index contributed by atoms with van der Waals surface area (Å²) in [6.45, 7) is 1.64. The Kier molecular flexibility index (Phi) is 4.08. The lowest BCUT2D eigenvalue weighted by Gasteiger charge is -2.35. The van der Waals surface area contributed by atoms with Crippen molar-refractivity contribution in [2.75, 3.05) is 13.1 Å². The first kappa shape index (κ1) is 14.3. The second-order valence-electron chi connectivity index (χ2n) is 5.08. The van der Waals surface area contributed by atoms with Gasteiger partial charge in [0.25, 0.3) is 0 Å². The second kappa shape index (κ2) is 6.00. The fraction of sp³-hybridized carbons (Fsp3) is 0.250. The third-order valence-electron chi connectivity index (χ3n) is 3.59. The molecule has 0 saturated carbocycles. The van der Waals surface area contributed by atoms with Gasteiger partial charge in [0, 0.05) is 19.0 Å². The molecule has 3 rings (SSSR count). The summed E-state index contributed by atoms with van der Waals surface area (Å²) >= 11 is 5.85. The van der Waals surface area contributed by atoms with E-state index in [2.05, 4.69) is 5.32 Å². The lowest BCUT2D eigenvalue weighted by molar-refractivity contribution is 0.0992. The van der Waals surface area contributed by atoms with E-state index in [0.29, 0.717) is 5.75 Å². The van der Waals surface area contributed by atoms with Crippen LogP contribution in [0.2, 0.25) is 5.02 Å². The lowest BCUT2D eigenvalue weighted by Crippen LogP contribution is -2.46. The maximum absolute atomic E-state index is 13.3. The molecule has 0 aromatic heterocycles. The highest BCUT2D eigenvalue weighted by atomic mass is 35.5. The van der Waals surface area contributed by atoms with Crippen LogP contribution in [0.3, 0.4) is 0 Å². The number of hydrogen-bond donors (Lipinski definition) is 1. The fourth-order valence-electron chi connectivity index (χ4n) is 2.31. The maximum Gasteiger partial charge on any atom is 0.141 e. The van der Waals surface area contributed by atoms with Gasteiger partial charge in [-0.05, 0) is 42.0 Å². The molecule has 110 valence electrons. The zero-order chi connectivity index (χ0) is 14.8. The van der Waals surface area contributed by atoms with Crippen molar-refractivity contribution in [2.24, 2.45) is 5.92 Å². The Bertz CT molecular complexity index is 629. The van der Waals surface area contributed by atoms with Gasteiger partial charge in [0.2, 0.25) is 0 Å². The van der Waals surface area contributed by atoms with E-state index in [9.17, 15) is 8.78 Å². The molecule has 1 aliphatic heterocycles. The third kappa shape index (κ3) is 3.17. The standard InChI is InChI=1S/C16H14ClF2NO/c17-14-7-10(1-6-15(14)19)16(11-8-20-9-11)21-13-4-2-12(18)3-5-13/h1-7,11,16,20H,8-9H2. The van der Waals surface area contributed by atoms with Crippen LogP contribution in [0.25, 0.3) is 0 Å². The normalized spacial score (nSPS) is 16.3. The van der Waals surface area contributed by atoms with E-state index < -0.39 is 5.82 Å². The molecule has 5 heteroatoms. The van der Waals surface area contributed by atoms with Crippen LogP contribution in [0.1, 0.15) is 11.7 Å². The molecule has 2 nitrogen and oxygen atoms in total. The van der Waals surface area contributed by atoms with Crippen molar-refractivity contribution in [3.63, 3.8) is 0 Å². The summed E-state index contributed by atoms with van der Waals surface area (Å²) in [5.74, 6) is 0.0899. The van der Waals surface area contributed by atoms with Crippen LogP contribution in [-0.2, 0) is 0 Å². The highest BCUT2D eigenvalue weighted by Gasteiger charge is 2.30. The Morgan fingerprint density at radius 3 is 2.38 bits per heavy atom. The van der Waals surface area contributed by atoms with Crippen molar-refractivity contribution in [1.82, 2.24) is 5.32 Å². The zero-order valence-corrected chi connectivity index (χ0v) is 11.9. The Labute approximate surface area is 126 Å². The van der Waals surface area contributed by atoms with Crippen LogP contribution in [-0.4, -0.2) is 13.1 Å². The number of rotatable bonds is 4. The minimum Gasteiger partial charge on any atom is -0.485 e. The van der Waals surface area contributed by atoms with Gasteiger partial charge >= 0.3 is 0 Å². The molecule has 1 aliphatic rings. The summed E-state index contributed by atoms with van der Waals surface area (Å²) in [6, 6.07) is 10.5. The van der Waals surface area contributed by atoms with Gasteiger partial charge in [-0.3, -0.25) is 0 Å². The minimum atomic E-state index is -0.451. The molecular formula is C16H14ClF2NO. The molecule has 2 aromatic rings. The summed E-state index contributed by atoms with van der Waals surface area (Å²) in [6.07, 6.45) is -0.241. The minimum absolute atomic E-state index is 0.0764. The summed E-state index contributed by atoms with van der Waals surface area (Å²) in [4.78, 5) is 0. The quantitative estimate of drug-likeness (QED) is 0.923. The van der Waals surface area contributed by atoms with Crippen LogP contribution in [0, 0.1) is 17.6 Å². The first-order valence-corrected chi connectivity index (χ1v) is 7.09. The molecule has 0 radical (unpaired) electrons. The summed E-state index contributed by atoms with van der Waals surface area (Å²) < 4.78 is 32.2. The number of halogens is 3. The molecule has 1 fully saturated rings. The van der Waals surface area contributed by atoms with E-state index in [1.165, 1.54) is 18.2 Å². The Balaban J connectivity index is 1.86. The molecule has 0 amide bonds. The summed E-state index contributed by atoms with van der Waals surface area (Å²) in [5, 5.41) is 3.26. The predicted octanol–water partition coefficient (Wildman–Crippen LogP) is 3.96. The molecule has 2 aromatic carbocycles. The van der Waals surface area contributed by atoms with Crippen LogP contribution in [0.5, 0.6) is 5.75 Å².